The number of nitrogens with one attached hydrogen (secondary N) is 2. The standard InChI is InChI=1S/C23H28N8O2/c1-3-23(16-24)9-11-31(20(23)32)19-8-10-26-21(28-19)27-17-4-6-18(7-5-17)29-12-14-30(15-13-29)22(33)25-2/h4-8,10H,3,9,11-15H2,1-2H3,(H,25,33)(H,26,27,28)/t23-/m1/s1. The summed E-state index contributed by atoms with van der Waals surface area (Å²) in [6, 6.07) is 11.8. The zero-order valence-electron chi connectivity index (χ0n) is 18.9. The molecule has 2 aliphatic heterocycles. The Hall–Kier alpha value is -3.87. The third-order valence-electron chi connectivity index (χ3n) is 6.42. The van der Waals surface area contributed by atoms with Gasteiger partial charge >= 0.3 is 6.03 Å². The number of anilines is 4. The highest BCUT2D eigenvalue weighted by molar-refractivity contribution is 6.01. The monoisotopic (exact) mass is 448 g/mol. The third-order valence-corrected chi connectivity index (χ3v) is 6.42. The van der Waals surface area contributed by atoms with E-state index in [4.69, 9.17) is 0 Å². The fourth-order valence-corrected chi connectivity index (χ4v) is 4.27. The van der Waals surface area contributed by atoms with Crippen LogP contribution in [0.2, 0.25) is 0 Å². The SMILES string of the molecule is CC[C@]1(C#N)CCN(c2ccnc(Nc3ccc(N4CCN(C(=O)NC)CC4)cc3)n2)C1=O. The Kier molecular flexibility index (Phi) is 6.31. The largest absolute Gasteiger partial charge is 0.368 e. The Bertz CT molecular complexity index is 1060. The van der Waals surface area contributed by atoms with Crippen molar-refractivity contribution in [3.05, 3.63) is 36.5 Å². The summed E-state index contributed by atoms with van der Waals surface area (Å²) < 4.78 is 0. The minimum atomic E-state index is -0.958. The molecule has 2 N–H and O–H groups in total. The van der Waals surface area contributed by atoms with Gasteiger partial charge in [-0.2, -0.15) is 10.2 Å². The minimum absolute atomic E-state index is 0.0416. The molecule has 1 aromatic carbocycles. The lowest BCUT2D eigenvalue weighted by atomic mass is 9.85. The van der Waals surface area contributed by atoms with Crippen molar-refractivity contribution >= 4 is 35.1 Å². The maximum Gasteiger partial charge on any atom is 0.317 e. The number of urea groups is 1. The first-order chi connectivity index (χ1) is 16.0. The normalized spacial score (nSPS) is 20.5. The van der Waals surface area contributed by atoms with Crippen molar-refractivity contribution in [1.82, 2.24) is 20.2 Å². The number of hydrogen-bond acceptors (Lipinski definition) is 7. The van der Waals surface area contributed by atoms with Crippen molar-refractivity contribution in [2.24, 2.45) is 5.41 Å². The van der Waals surface area contributed by atoms with E-state index in [2.05, 4.69) is 31.6 Å². The molecule has 10 nitrogen and oxygen atoms in total. The number of nitriles is 1. The van der Waals surface area contributed by atoms with Gasteiger partial charge in [0.1, 0.15) is 11.2 Å². The fourth-order valence-electron chi connectivity index (χ4n) is 4.27. The van der Waals surface area contributed by atoms with Gasteiger partial charge in [0, 0.05) is 57.3 Å². The molecule has 3 amide bonds. The summed E-state index contributed by atoms with van der Waals surface area (Å²) in [6.45, 7) is 5.25. The third kappa shape index (κ3) is 4.39. The molecule has 4 rings (SSSR count). The molecular weight excluding hydrogens is 420 g/mol. The molecule has 1 atom stereocenters. The second-order valence-electron chi connectivity index (χ2n) is 8.19. The van der Waals surface area contributed by atoms with Crippen LogP contribution in [0.15, 0.2) is 36.5 Å². The van der Waals surface area contributed by atoms with Crippen LogP contribution in [0.25, 0.3) is 0 Å². The van der Waals surface area contributed by atoms with E-state index in [1.54, 1.807) is 24.2 Å². The number of hydrogen-bond donors (Lipinski definition) is 2. The summed E-state index contributed by atoms with van der Waals surface area (Å²) in [7, 11) is 1.65. The van der Waals surface area contributed by atoms with Crippen molar-refractivity contribution in [3.63, 3.8) is 0 Å². The van der Waals surface area contributed by atoms with E-state index in [-0.39, 0.29) is 11.9 Å². The molecule has 0 aliphatic carbocycles. The molecule has 2 fully saturated rings. The highest BCUT2D eigenvalue weighted by atomic mass is 16.2. The number of aromatic nitrogens is 2. The molecule has 2 aliphatic rings. The van der Waals surface area contributed by atoms with E-state index in [1.807, 2.05) is 36.1 Å². The van der Waals surface area contributed by atoms with Crippen molar-refractivity contribution in [3.8, 4) is 6.07 Å². The topological polar surface area (TPSA) is 117 Å². The maximum atomic E-state index is 12.8. The lowest BCUT2D eigenvalue weighted by molar-refractivity contribution is -0.123. The molecule has 2 aromatic rings. The number of rotatable bonds is 5. The van der Waals surface area contributed by atoms with Gasteiger partial charge in [0.05, 0.1) is 6.07 Å². The lowest BCUT2D eigenvalue weighted by Crippen LogP contribution is -2.51. The summed E-state index contributed by atoms with van der Waals surface area (Å²) in [4.78, 5) is 39.0. The molecule has 0 unspecified atom stereocenters. The zero-order chi connectivity index (χ0) is 23.4. The average molecular weight is 449 g/mol. The number of benzene rings is 1. The van der Waals surface area contributed by atoms with Gasteiger partial charge in [0.15, 0.2) is 0 Å². The number of nitrogens with zero attached hydrogens (tertiary/aromatic N) is 6. The average Bonchev–Trinajstić information content (AvgIpc) is 3.20. The van der Waals surface area contributed by atoms with Crippen LogP contribution in [-0.2, 0) is 4.79 Å². The summed E-state index contributed by atoms with van der Waals surface area (Å²) in [5, 5.41) is 15.4. The van der Waals surface area contributed by atoms with Crippen LogP contribution in [0.1, 0.15) is 19.8 Å². The minimum Gasteiger partial charge on any atom is -0.368 e. The molecule has 0 spiro atoms. The van der Waals surface area contributed by atoms with Crippen LogP contribution >= 0.6 is 0 Å². The molecule has 10 heteroatoms. The Morgan fingerprint density at radius 2 is 1.88 bits per heavy atom. The fraction of sp³-hybridized carbons (Fsp3) is 0.435. The molecule has 3 heterocycles. The Morgan fingerprint density at radius 3 is 2.48 bits per heavy atom. The highest BCUT2D eigenvalue weighted by Gasteiger charge is 2.46. The smallest absolute Gasteiger partial charge is 0.317 e. The second-order valence-corrected chi connectivity index (χ2v) is 8.19. The van der Waals surface area contributed by atoms with E-state index in [1.165, 1.54) is 0 Å². The molecule has 0 bridgehead atoms. The first kappa shape index (κ1) is 22.3. The van der Waals surface area contributed by atoms with E-state index < -0.39 is 5.41 Å². The summed E-state index contributed by atoms with van der Waals surface area (Å²) in [6.07, 6.45) is 2.60. The molecule has 2 saturated heterocycles. The Morgan fingerprint density at radius 1 is 1.15 bits per heavy atom. The summed E-state index contributed by atoms with van der Waals surface area (Å²) in [5.41, 5.74) is 0.953. The second kappa shape index (κ2) is 9.32. The Balaban J connectivity index is 1.40. The van der Waals surface area contributed by atoms with Crippen molar-refractivity contribution in [2.75, 3.05) is 54.9 Å². The van der Waals surface area contributed by atoms with E-state index in [0.717, 1.165) is 24.5 Å². The summed E-state index contributed by atoms with van der Waals surface area (Å²) >= 11 is 0. The van der Waals surface area contributed by atoms with Gasteiger partial charge in [-0.25, -0.2) is 9.78 Å². The van der Waals surface area contributed by atoms with Gasteiger partial charge in [-0.05, 0) is 43.2 Å². The Labute approximate surface area is 193 Å². The number of carbonyl (C=O) groups is 2. The van der Waals surface area contributed by atoms with Crippen LogP contribution in [0.4, 0.5) is 27.9 Å². The van der Waals surface area contributed by atoms with E-state index in [0.29, 0.717) is 44.2 Å². The highest BCUT2D eigenvalue weighted by Crippen LogP contribution is 2.36. The predicted molar refractivity (Wildman–Crippen MR) is 125 cm³/mol. The van der Waals surface area contributed by atoms with Crippen molar-refractivity contribution in [2.45, 2.75) is 19.8 Å². The van der Waals surface area contributed by atoms with Crippen molar-refractivity contribution < 1.29 is 9.59 Å². The van der Waals surface area contributed by atoms with Gasteiger partial charge in [-0.1, -0.05) is 6.92 Å². The van der Waals surface area contributed by atoms with E-state index >= 15 is 0 Å². The molecule has 0 saturated carbocycles. The van der Waals surface area contributed by atoms with Gasteiger partial charge in [0.2, 0.25) is 11.9 Å². The van der Waals surface area contributed by atoms with Crippen LogP contribution in [-0.4, -0.2) is 66.6 Å². The first-order valence-electron chi connectivity index (χ1n) is 11.1. The van der Waals surface area contributed by atoms with Gasteiger partial charge in [-0.15, -0.1) is 0 Å². The zero-order valence-corrected chi connectivity index (χ0v) is 18.9. The van der Waals surface area contributed by atoms with Crippen LogP contribution in [0.5, 0.6) is 0 Å². The molecule has 1 aromatic heterocycles. The van der Waals surface area contributed by atoms with E-state index in [9.17, 15) is 14.9 Å². The van der Waals surface area contributed by atoms with Gasteiger partial charge < -0.3 is 20.4 Å². The molecule has 172 valence electrons. The number of amides is 3. The van der Waals surface area contributed by atoms with Gasteiger partial charge in [0.25, 0.3) is 0 Å². The predicted octanol–water partition coefficient (Wildman–Crippen LogP) is 2.34. The number of piperazine rings is 1. The molecule has 0 radical (unpaired) electrons. The lowest BCUT2D eigenvalue weighted by Gasteiger charge is -2.35. The van der Waals surface area contributed by atoms with Crippen LogP contribution < -0.4 is 20.4 Å². The quantitative estimate of drug-likeness (QED) is 0.721. The maximum absolute atomic E-state index is 12.8. The summed E-state index contributed by atoms with van der Waals surface area (Å²) in [5.74, 6) is 0.685. The molecular formula is C23H28N8O2. The van der Waals surface area contributed by atoms with Crippen molar-refractivity contribution in [1.29, 1.82) is 5.26 Å². The van der Waals surface area contributed by atoms with Crippen LogP contribution in [0, 0.1) is 16.7 Å². The first-order valence-corrected chi connectivity index (χ1v) is 11.1. The number of carbonyl (C=O) groups excluding carboxylic acids is 2. The van der Waals surface area contributed by atoms with Crippen LogP contribution in [0.3, 0.4) is 0 Å². The molecule has 33 heavy (non-hydrogen) atoms. The van der Waals surface area contributed by atoms with Gasteiger partial charge in [-0.3, -0.25) is 9.69 Å².